The second kappa shape index (κ2) is 6.72. The van der Waals surface area contributed by atoms with E-state index in [4.69, 9.17) is 5.73 Å². The van der Waals surface area contributed by atoms with E-state index in [1.165, 1.54) is 19.4 Å². The fourth-order valence-electron chi connectivity index (χ4n) is 2.19. The summed E-state index contributed by atoms with van der Waals surface area (Å²) in [6.45, 7) is 9.07. The van der Waals surface area contributed by atoms with Crippen molar-refractivity contribution in [3.63, 3.8) is 0 Å². The van der Waals surface area contributed by atoms with Crippen LogP contribution >= 0.6 is 0 Å². The van der Waals surface area contributed by atoms with Gasteiger partial charge >= 0.3 is 0 Å². The molecular weight excluding hydrogens is 212 g/mol. The molecule has 0 heterocycles. The van der Waals surface area contributed by atoms with Gasteiger partial charge in [-0.25, -0.2) is 0 Å². The molecule has 1 rings (SSSR count). The van der Waals surface area contributed by atoms with Crippen molar-refractivity contribution in [2.75, 3.05) is 19.7 Å². The minimum absolute atomic E-state index is 0.105. The highest BCUT2D eigenvalue weighted by molar-refractivity contribution is 4.83. The minimum atomic E-state index is -0.359. The van der Waals surface area contributed by atoms with E-state index in [0.717, 1.165) is 31.7 Å². The van der Waals surface area contributed by atoms with Gasteiger partial charge in [0.25, 0.3) is 0 Å². The van der Waals surface area contributed by atoms with Crippen LogP contribution in [0.1, 0.15) is 52.9 Å². The van der Waals surface area contributed by atoms with Gasteiger partial charge in [0, 0.05) is 18.1 Å². The molecule has 1 fully saturated rings. The Morgan fingerprint density at radius 1 is 1.41 bits per heavy atom. The smallest absolute Gasteiger partial charge is 0.0611 e. The predicted molar refractivity (Wildman–Crippen MR) is 73.0 cm³/mol. The molecule has 0 aromatic carbocycles. The summed E-state index contributed by atoms with van der Waals surface area (Å²) < 4.78 is 0. The molecule has 3 N–H and O–H groups in total. The summed E-state index contributed by atoms with van der Waals surface area (Å²) in [5.74, 6) is 0.948. The Labute approximate surface area is 106 Å². The zero-order chi connectivity index (χ0) is 12.9. The zero-order valence-electron chi connectivity index (χ0n) is 11.8. The summed E-state index contributed by atoms with van der Waals surface area (Å²) in [6, 6.07) is 0.624. The Balaban J connectivity index is 2.25. The fraction of sp³-hybridized carbons (Fsp3) is 1.00. The Hall–Kier alpha value is -0.120. The molecule has 17 heavy (non-hydrogen) atoms. The molecule has 0 aromatic rings. The lowest BCUT2D eigenvalue weighted by atomic mass is 9.92. The van der Waals surface area contributed by atoms with E-state index in [-0.39, 0.29) is 12.1 Å². The number of rotatable bonds is 9. The lowest BCUT2D eigenvalue weighted by Crippen LogP contribution is -2.44. The molecule has 1 saturated carbocycles. The van der Waals surface area contributed by atoms with Crippen molar-refractivity contribution < 1.29 is 5.11 Å². The third-order valence-corrected chi connectivity index (χ3v) is 4.06. The van der Waals surface area contributed by atoms with Crippen molar-refractivity contribution in [3.8, 4) is 0 Å². The van der Waals surface area contributed by atoms with Gasteiger partial charge in [0.05, 0.1) is 6.61 Å². The van der Waals surface area contributed by atoms with Crippen LogP contribution in [0.15, 0.2) is 0 Å². The maximum absolute atomic E-state index is 9.28. The molecule has 0 aliphatic heterocycles. The maximum Gasteiger partial charge on any atom is 0.0611 e. The Kier molecular flexibility index (Phi) is 5.90. The molecule has 0 amide bonds. The highest BCUT2D eigenvalue weighted by atomic mass is 16.3. The van der Waals surface area contributed by atoms with Gasteiger partial charge in [0.1, 0.15) is 0 Å². The van der Waals surface area contributed by atoms with Crippen LogP contribution in [-0.4, -0.2) is 41.3 Å². The maximum atomic E-state index is 9.28. The van der Waals surface area contributed by atoms with Crippen LogP contribution in [0.5, 0.6) is 0 Å². The number of aliphatic hydroxyl groups is 1. The standard InChI is InChI=1S/C14H30N2O/c1-4-14(15,11-17)8-5-9-16(12(2)3)10-13-6-7-13/h12-13,17H,4-11,15H2,1-3H3. The van der Waals surface area contributed by atoms with Gasteiger partial charge in [-0.1, -0.05) is 6.92 Å². The van der Waals surface area contributed by atoms with E-state index in [9.17, 15) is 5.11 Å². The first-order chi connectivity index (χ1) is 8.00. The van der Waals surface area contributed by atoms with Crippen LogP contribution in [0.4, 0.5) is 0 Å². The lowest BCUT2D eigenvalue weighted by Gasteiger charge is -2.30. The van der Waals surface area contributed by atoms with Gasteiger partial charge in [-0.15, -0.1) is 0 Å². The van der Waals surface area contributed by atoms with E-state index in [1.54, 1.807) is 0 Å². The van der Waals surface area contributed by atoms with Crippen LogP contribution in [-0.2, 0) is 0 Å². The van der Waals surface area contributed by atoms with E-state index in [2.05, 4.69) is 25.7 Å². The monoisotopic (exact) mass is 242 g/mol. The molecule has 0 radical (unpaired) electrons. The number of hydrogen-bond donors (Lipinski definition) is 2. The number of hydrogen-bond acceptors (Lipinski definition) is 3. The van der Waals surface area contributed by atoms with Crippen LogP contribution in [0.25, 0.3) is 0 Å². The Bertz CT molecular complexity index is 210. The van der Waals surface area contributed by atoms with Gasteiger partial charge in [-0.2, -0.15) is 0 Å². The highest BCUT2D eigenvalue weighted by Crippen LogP contribution is 2.30. The van der Waals surface area contributed by atoms with E-state index in [0.29, 0.717) is 6.04 Å². The molecule has 1 atom stereocenters. The number of nitrogens with zero attached hydrogens (tertiary/aromatic N) is 1. The molecule has 0 bridgehead atoms. The molecule has 3 nitrogen and oxygen atoms in total. The molecule has 1 aliphatic rings. The van der Waals surface area contributed by atoms with Crippen molar-refractivity contribution in [2.24, 2.45) is 11.7 Å². The molecule has 0 spiro atoms. The molecule has 3 heteroatoms. The first kappa shape index (κ1) is 14.9. The first-order valence-electron chi connectivity index (χ1n) is 7.14. The van der Waals surface area contributed by atoms with Gasteiger partial charge in [-0.05, 0) is 58.4 Å². The molecule has 1 unspecified atom stereocenters. The molecule has 102 valence electrons. The molecule has 0 saturated heterocycles. The second-order valence-electron chi connectivity index (χ2n) is 6.01. The van der Waals surface area contributed by atoms with Crippen LogP contribution in [0.2, 0.25) is 0 Å². The summed E-state index contributed by atoms with van der Waals surface area (Å²) in [5.41, 5.74) is 5.75. The van der Waals surface area contributed by atoms with Crippen molar-refractivity contribution >= 4 is 0 Å². The van der Waals surface area contributed by atoms with Crippen LogP contribution < -0.4 is 5.73 Å². The third kappa shape index (κ3) is 5.36. The van der Waals surface area contributed by atoms with Gasteiger partial charge in [0.2, 0.25) is 0 Å². The van der Waals surface area contributed by atoms with Gasteiger partial charge in [-0.3, -0.25) is 0 Å². The zero-order valence-corrected chi connectivity index (χ0v) is 11.8. The van der Waals surface area contributed by atoms with Gasteiger partial charge in [0.15, 0.2) is 0 Å². The predicted octanol–water partition coefficient (Wildman–Crippen LogP) is 1.99. The van der Waals surface area contributed by atoms with Crippen molar-refractivity contribution in [3.05, 3.63) is 0 Å². The van der Waals surface area contributed by atoms with Crippen molar-refractivity contribution in [2.45, 2.75) is 64.5 Å². The first-order valence-corrected chi connectivity index (χ1v) is 7.14. The van der Waals surface area contributed by atoms with Crippen molar-refractivity contribution in [1.29, 1.82) is 0 Å². The summed E-state index contributed by atoms with van der Waals surface area (Å²) >= 11 is 0. The van der Waals surface area contributed by atoms with E-state index < -0.39 is 0 Å². The largest absolute Gasteiger partial charge is 0.394 e. The summed E-state index contributed by atoms with van der Waals surface area (Å²) in [5, 5.41) is 9.28. The lowest BCUT2D eigenvalue weighted by molar-refractivity contribution is 0.162. The summed E-state index contributed by atoms with van der Waals surface area (Å²) in [4.78, 5) is 2.56. The molecule has 1 aliphatic carbocycles. The Morgan fingerprint density at radius 3 is 2.47 bits per heavy atom. The van der Waals surface area contributed by atoms with E-state index in [1.807, 2.05) is 0 Å². The fourth-order valence-corrected chi connectivity index (χ4v) is 2.19. The van der Waals surface area contributed by atoms with Crippen molar-refractivity contribution in [1.82, 2.24) is 4.90 Å². The average Bonchev–Trinajstić information content (AvgIpc) is 3.11. The third-order valence-electron chi connectivity index (χ3n) is 4.06. The highest BCUT2D eigenvalue weighted by Gasteiger charge is 2.26. The molecular formula is C14H30N2O. The van der Waals surface area contributed by atoms with Gasteiger partial charge < -0.3 is 15.7 Å². The quantitative estimate of drug-likeness (QED) is 0.650. The second-order valence-corrected chi connectivity index (χ2v) is 6.01. The SMILES string of the molecule is CCC(N)(CO)CCCN(CC1CC1)C(C)C. The molecule has 0 aromatic heterocycles. The number of nitrogens with two attached hydrogens (primary N) is 1. The average molecular weight is 242 g/mol. The normalized spacial score (nSPS) is 19.9. The Morgan fingerprint density at radius 2 is 2.06 bits per heavy atom. The number of aliphatic hydroxyl groups excluding tert-OH is 1. The van der Waals surface area contributed by atoms with Crippen LogP contribution in [0, 0.1) is 5.92 Å². The summed E-state index contributed by atoms with van der Waals surface area (Å²) in [6.07, 6.45) is 5.70. The van der Waals surface area contributed by atoms with E-state index >= 15 is 0 Å². The summed E-state index contributed by atoms with van der Waals surface area (Å²) in [7, 11) is 0. The minimum Gasteiger partial charge on any atom is -0.394 e. The van der Waals surface area contributed by atoms with Crippen LogP contribution in [0.3, 0.4) is 0 Å². The topological polar surface area (TPSA) is 49.5 Å².